The number of nitrogens with zero attached hydrogens (tertiary/aromatic N) is 2. The molecule has 1 heterocycles. The summed E-state index contributed by atoms with van der Waals surface area (Å²) < 4.78 is 6.44. The lowest BCUT2D eigenvalue weighted by Gasteiger charge is -2.17. The third-order valence-corrected chi connectivity index (χ3v) is 3.93. The average Bonchev–Trinajstić information content (AvgIpc) is 2.94. The van der Waals surface area contributed by atoms with Gasteiger partial charge < -0.3 is 9.84 Å². The maximum Gasteiger partial charge on any atom is 0.231 e. The van der Waals surface area contributed by atoms with Crippen LogP contribution in [0.15, 0.2) is 33.3 Å². The van der Waals surface area contributed by atoms with Gasteiger partial charge in [-0.15, -0.1) is 0 Å². The van der Waals surface area contributed by atoms with Crippen molar-refractivity contribution in [1.82, 2.24) is 15.5 Å². The van der Waals surface area contributed by atoms with Gasteiger partial charge in [0.2, 0.25) is 11.7 Å². The molecule has 0 bridgehead atoms. The van der Waals surface area contributed by atoms with Crippen LogP contribution in [0.2, 0.25) is 0 Å². The molecule has 0 fully saturated rings. The van der Waals surface area contributed by atoms with Crippen molar-refractivity contribution in [3.05, 3.63) is 34.6 Å². The topological polar surface area (TPSA) is 51.0 Å². The molecule has 2 atom stereocenters. The van der Waals surface area contributed by atoms with Gasteiger partial charge in [-0.2, -0.15) is 4.98 Å². The smallest absolute Gasteiger partial charge is 0.231 e. The lowest BCUT2D eigenvalue weighted by atomic mass is 10.0. The van der Waals surface area contributed by atoms with Gasteiger partial charge in [-0.05, 0) is 44.2 Å². The van der Waals surface area contributed by atoms with Crippen molar-refractivity contribution in [3.8, 4) is 11.4 Å². The van der Waals surface area contributed by atoms with Crippen LogP contribution in [0.25, 0.3) is 11.4 Å². The highest BCUT2D eigenvalue weighted by Gasteiger charge is 2.20. The Balaban J connectivity index is 2.10. The Hall–Kier alpha value is -1.20. The molecule has 2 unspecified atom stereocenters. The first-order chi connectivity index (χ1) is 9.61. The molecule has 4 nitrogen and oxygen atoms in total. The molecule has 108 valence electrons. The molecule has 1 aromatic heterocycles. The minimum Gasteiger partial charge on any atom is -0.339 e. The maximum atomic E-state index is 5.40. The summed E-state index contributed by atoms with van der Waals surface area (Å²) in [5, 5.41) is 7.52. The van der Waals surface area contributed by atoms with E-state index >= 15 is 0 Å². The van der Waals surface area contributed by atoms with Crippen molar-refractivity contribution >= 4 is 15.9 Å². The van der Waals surface area contributed by atoms with Crippen molar-refractivity contribution in [2.75, 3.05) is 6.54 Å². The molecule has 0 aliphatic heterocycles. The summed E-state index contributed by atoms with van der Waals surface area (Å²) in [6, 6.07) is 8.21. The van der Waals surface area contributed by atoms with Gasteiger partial charge in [0.15, 0.2) is 0 Å². The molecule has 0 aliphatic rings. The van der Waals surface area contributed by atoms with E-state index in [1.807, 2.05) is 24.3 Å². The highest BCUT2D eigenvalue weighted by Crippen LogP contribution is 2.23. The standard InChI is InChI=1S/C15H20BrN3O/c1-4-9-17-11(3)10(2)15-18-14(19-20-15)12-5-7-13(16)8-6-12/h5-8,10-11,17H,4,9H2,1-3H3. The lowest BCUT2D eigenvalue weighted by molar-refractivity contribution is 0.331. The van der Waals surface area contributed by atoms with Crippen LogP contribution in [0.1, 0.15) is 39.0 Å². The molecule has 5 heteroatoms. The zero-order valence-electron chi connectivity index (χ0n) is 12.1. The molecule has 20 heavy (non-hydrogen) atoms. The first kappa shape index (κ1) is 15.2. The Kier molecular flexibility index (Phi) is 5.31. The van der Waals surface area contributed by atoms with Crippen LogP contribution in [-0.4, -0.2) is 22.7 Å². The zero-order valence-corrected chi connectivity index (χ0v) is 13.6. The summed E-state index contributed by atoms with van der Waals surface area (Å²) in [5.41, 5.74) is 0.963. The van der Waals surface area contributed by atoms with Gasteiger partial charge >= 0.3 is 0 Å². The fourth-order valence-electron chi connectivity index (χ4n) is 1.90. The third kappa shape index (κ3) is 3.67. The average molecular weight is 338 g/mol. The van der Waals surface area contributed by atoms with E-state index in [-0.39, 0.29) is 5.92 Å². The first-order valence-electron chi connectivity index (χ1n) is 6.94. The summed E-state index contributed by atoms with van der Waals surface area (Å²) >= 11 is 3.42. The SMILES string of the molecule is CCCNC(C)C(C)c1nc(-c2ccc(Br)cc2)no1. The van der Waals surface area contributed by atoms with Crippen LogP contribution < -0.4 is 5.32 Å². The van der Waals surface area contributed by atoms with Crippen LogP contribution in [-0.2, 0) is 0 Å². The molecule has 2 rings (SSSR count). The summed E-state index contributed by atoms with van der Waals surface area (Å²) in [7, 11) is 0. The molecule has 0 radical (unpaired) electrons. The van der Waals surface area contributed by atoms with Gasteiger partial charge in [0.25, 0.3) is 0 Å². The fraction of sp³-hybridized carbons (Fsp3) is 0.467. The van der Waals surface area contributed by atoms with Crippen molar-refractivity contribution in [3.63, 3.8) is 0 Å². The summed E-state index contributed by atoms with van der Waals surface area (Å²) in [6.45, 7) is 7.40. The number of rotatable bonds is 6. The van der Waals surface area contributed by atoms with E-state index in [1.54, 1.807) is 0 Å². The highest BCUT2D eigenvalue weighted by molar-refractivity contribution is 9.10. The van der Waals surface area contributed by atoms with E-state index in [0.717, 1.165) is 23.0 Å². The van der Waals surface area contributed by atoms with Gasteiger partial charge in [-0.3, -0.25) is 0 Å². The van der Waals surface area contributed by atoms with Gasteiger partial charge in [0, 0.05) is 16.1 Å². The van der Waals surface area contributed by atoms with Crippen molar-refractivity contribution in [2.24, 2.45) is 0 Å². The second-order valence-electron chi connectivity index (χ2n) is 4.99. The molecule has 0 amide bonds. The van der Waals surface area contributed by atoms with Gasteiger partial charge in [-0.25, -0.2) is 0 Å². The molecule has 0 spiro atoms. The molecule has 1 aromatic carbocycles. The fourth-order valence-corrected chi connectivity index (χ4v) is 2.16. The van der Waals surface area contributed by atoms with Crippen LogP contribution in [0.4, 0.5) is 0 Å². The van der Waals surface area contributed by atoms with Gasteiger partial charge in [0.05, 0.1) is 5.92 Å². The predicted molar refractivity (Wildman–Crippen MR) is 83.6 cm³/mol. The summed E-state index contributed by atoms with van der Waals surface area (Å²) in [6.07, 6.45) is 1.12. The van der Waals surface area contributed by atoms with Crippen molar-refractivity contribution in [1.29, 1.82) is 0 Å². The van der Waals surface area contributed by atoms with Crippen LogP contribution in [0.3, 0.4) is 0 Å². The maximum absolute atomic E-state index is 5.40. The van der Waals surface area contributed by atoms with Crippen molar-refractivity contribution < 1.29 is 4.52 Å². The van der Waals surface area contributed by atoms with E-state index in [9.17, 15) is 0 Å². The predicted octanol–water partition coefficient (Wildman–Crippen LogP) is 3.99. The molecule has 1 N–H and O–H groups in total. The lowest BCUT2D eigenvalue weighted by Crippen LogP contribution is -2.31. The number of nitrogens with one attached hydrogen (secondary N) is 1. The van der Waals surface area contributed by atoms with E-state index in [0.29, 0.717) is 17.8 Å². The second-order valence-corrected chi connectivity index (χ2v) is 5.91. The van der Waals surface area contributed by atoms with E-state index in [2.05, 4.69) is 52.2 Å². The monoisotopic (exact) mass is 337 g/mol. The van der Waals surface area contributed by atoms with Crippen molar-refractivity contribution in [2.45, 2.75) is 39.2 Å². The molecule has 2 aromatic rings. The highest BCUT2D eigenvalue weighted by atomic mass is 79.9. The number of aromatic nitrogens is 2. The molecule has 0 saturated heterocycles. The Morgan fingerprint density at radius 3 is 2.60 bits per heavy atom. The molecular weight excluding hydrogens is 318 g/mol. The summed E-state index contributed by atoms with van der Waals surface area (Å²) in [5.74, 6) is 1.51. The first-order valence-corrected chi connectivity index (χ1v) is 7.74. The van der Waals surface area contributed by atoms with Gasteiger partial charge in [0.1, 0.15) is 0 Å². The minimum absolute atomic E-state index is 0.193. The molecular formula is C15H20BrN3O. The Morgan fingerprint density at radius 2 is 1.95 bits per heavy atom. The number of hydrogen-bond donors (Lipinski definition) is 1. The third-order valence-electron chi connectivity index (χ3n) is 3.40. The van der Waals surface area contributed by atoms with Crippen LogP contribution in [0, 0.1) is 0 Å². The minimum atomic E-state index is 0.193. The Labute approximate surface area is 128 Å². The second kappa shape index (κ2) is 6.99. The van der Waals surface area contributed by atoms with Crippen LogP contribution in [0.5, 0.6) is 0 Å². The normalized spacial score (nSPS) is 14.2. The Bertz CT molecular complexity index is 538. The van der Waals surface area contributed by atoms with Gasteiger partial charge in [-0.1, -0.05) is 34.9 Å². The zero-order chi connectivity index (χ0) is 14.5. The number of hydrogen-bond acceptors (Lipinski definition) is 4. The Morgan fingerprint density at radius 1 is 1.25 bits per heavy atom. The summed E-state index contributed by atoms with van der Waals surface area (Å²) in [4.78, 5) is 4.51. The number of halogens is 1. The van der Waals surface area contributed by atoms with E-state index in [1.165, 1.54) is 0 Å². The van der Waals surface area contributed by atoms with E-state index in [4.69, 9.17) is 4.52 Å². The number of benzene rings is 1. The molecule has 0 aliphatic carbocycles. The quantitative estimate of drug-likeness (QED) is 0.865. The molecule has 0 saturated carbocycles. The van der Waals surface area contributed by atoms with E-state index < -0.39 is 0 Å². The largest absolute Gasteiger partial charge is 0.339 e. The van der Waals surface area contributed by atoms with Crippen LogP contribution >= 0.6 is 15.9 Å².